The Morgan fingerprint density at radius 2 is 1.59 bits per heavy atom. The monoisotopic (exact) mass is 374 g/mol. The molecule has 0 bridgehead atoms. The quantitative estimate of drug-likeness (QED) is 0.255. The van der Waals surface area contributed by atoms with Crippen molar-refractivity contribution in [2.45, 2.75) is 84.0 Å². The van der Waals surface area contributed by atoms with Gasteiger partial charge in [-0.05, 0) is 12.5 Å². The molecule has 0 spiro atoms. The first-order valence-corrected chi connectivity index (χ1v) is 10.2. The predicted molar refractivity (Wildman–Crippen MR) is 106 cm³/mol. The van der Waals surface area contributed by atoms with Gasteiger partial charge < -0.3 is 0 Å². The molecule has 0 aliphatic carbocycles. The van der Waals surface area contributed by atoms with Crippen molar-refractivity contribution in [3.63, 3.8) is 0 Å². The summed E-state index contributed by atoms with van der Waals surface area (Å²) in [5, 5.41) is 18.5. The van der Waals surface area contributed by atoms with Gasteiger partial charge in [-0.2, -0.15) is 4.68 Å². The molecule has 1 heterocycles. The zero-order valence-corrected chi connectivity index (χ0v) is 16.2. The van der Waals surface area contributed by atoms with Crippen LogP contribution in [0.25, 0.3) is 11.0 Å². The minimum atomic E-state index is -0.481. The van der Waals surface area contributed by atoms with Crippen molar-refractivity contribution >= 4 is 22.6 Å². The zero-order valence-electron chi connectivity index (χ0n) is 16.2. The molecule has 0 aliphatic heterocycles. The predicted octanol–water partition coefficient (Wildman–Crippen LogP) is 5.68. The van der Waals surface area contributed by atoms with Crippen LogP contribution >= 0.6 is 0 Å². The van der Waals surface area contributed by atoms with Crippen LogP contribution in [0.2, 0.25) is 0 Å². The highest BCUT2D eigenvalue weighted by Gasteiger charge is 2.15. The van der Waals surface area contributed by atoms with E-state index in [0.29, 0.717) is 17.5 Å². The van der Waals surface area contributed by atoms with E-state index >= 15 is 0 Å². The van der Waals surface area contributed by atoms with Crippen LogP contribution in [0.4, 0.5) is 5.69 Å². The molecule has 0 atom stereocenters. The van der Waals surface area contributed by atoms with E-state index in [1.807, 2.05) is 0 Å². The topological polar surface area (TPSA) is 90.9 Å². The normalized spacial score (nSPS) is 11.1. The van der Waals surface area contributed by atoms with E-state index in [1.165, 1.54) is 74.2 Å². The Kier molecular flexibility index (Phi) is 8.87. The van der Waals surface area contributed by atoms with E-state index in [4.69, 9.17) is 0 Å². The maximum atomic E-state index is 12.3. The van der Waals surface area contributed by atoms with Gasteiger partial charge in [-0.3, -0.25) is 14.9 Å². The van der Waals surface area contributed by atoms with Crippen molar-refractivity contribution in [3.8, 4) is 0 Å². The molecule has 0 N–H and O–H groups in total. The van der Waals surface area contributed by atoms with E-state index in [0.717, 1.165) is 19.3 Å². The average molecular weight is 374 g/mol. The van der Waals surface area contributed by atoms with E-state index in [9.17, 15) is 14.9 Å². The molecule has 148 valence electrons. The van der Waals surface area contributed by atoms with Crippen molar-refractivity contribution in [3.05, 3.63) is 28.3 Å². The first-order chi connectivity index (χ1) is 13.1. The fourth-order valence-electron chi connectivity index (χ4n) is 3.26. The van der Waals surface area contributed by atoms with Gasteiger partial charge in [0.1, 0.15) is 5.52 Å². The molecule has 7 nitrogen and oxygen atoms in total. The molecule has 1 aromatic heterocycles. The molecule has 0 unspecified atom stereocenters. The number of carbonyl (C=O) groups excluding carboxylic acids is 1. The summed E-state index contributed by atoms with van der Waals surface area (Å²) in [5.74, 6) is -0.109. The van der Waals surface area contributed by atoms with Crippen LogP contribution in [-0.4, -0.2) is 25.8 Å². The highest BCUT2D eigenvalue weighted by atomic mass is 16.6. The first kappa shape index (κ1) is 21.0. The van der Waals surface area contributed by atoms with Crippen molar-refractivity contribution in [1.29, 1.82) is 0 Å². The van der Waals surface area contributed by atoms with E-state index in [-0.39, 0.29) is 11.6 Å². The molecule has 0 radical (unpaired) electrons. The van der Waals surface area contributed by atoms with Crippen molar-refractivity contribution in [2.24, 2.45) is 0 Å². The molecule has 0 fully saturated rings. The summed E-state index contributed by atoms with van der Waals surface area (Å²) >= 11 is 0. The summed E-state index contributed by atoms with van der Waals surface area (Å²) in [6.07, 6.45) is 14.0. The van der Waals surface area contributed by atoms with Crippen LogP contribution in [0, 0.1) is 10.1 Å². The Morgan fingerprint density at radius 1 is 1.00 bits per heavy atom. The lowest BCUT2D eigenvalue weighted by molar-refractivity contribution is -0.384. The van der Waals surface area contributed by atoms with E-state index in [1.54, 1.807) is 0 Å². The third kappa shape index (κ3) is 6.73. The molecule has 2 rings (SSSR count). The standard InChI is InChI=1S/C20H30N4O3/c1-2-3-4-5-6-7-8-9-10-11-12-13-20(25)23-19-15-14-17(24(26)27)16-18(19)21-22-23/h14-16H,2-13H2,1H3. The number of carbonyl (C=O) groups is 1. The molecular formula is C20H30N4O3. The van der Waals surface area contributed by atoms with Gasteiger partial charge in [0, 0.05) is 18.6 Å². The third-order valence-corrected chi connectivity index (χ3v) is 4.87. The summed E-state index contributed by atoms with van der Waals surface area (Å²) in [7, 11) is 0. The fraction of sp³-hybridized carbons (Fsp3) is 0.650. The van der Waals surface area contributed by atoms with Gasteiger partial charge in [-0.15, -0.1) is 5.10 Å². The third-order valence-electron chi connectivity index (χ3n) is 4.87. The molecule has 1 aromatic carbocycles. The Bertz CT molecular complexity index is 742. The lowest BCUT2D eigenvalue weighted by Gasteiger charge is -2.03. The molecule has 0 saturated carbocycles. The van der Waals surface area contributed by atoms with Crippen LogP contribution in [0.5, 0.6) is 0 Å². The van der Waals surface area contributed by atoms with Crippen molar-refractivity contribution < 1.29 is 9.72 Å². The van der Waals surface area contributed by atoms with E-state index < -0.39 is 4.92 Å². The number of nitro benzene ring substituents is 1. The maximum Gasteiger partial charge on any atom is 0.271 e. The SMILES string of the molecule is CCCCCCCCCCCCCC(=O)n1nnc2cc([N+](=O)[O-])ccc21. The number of nitrogens with zero attached hydrogens (tertiary/aromatic N) is 4. The second-order valence-electron chi connectivity index (χ2n) is 7.11. The minimum absolute atomic E-state index is 0.0487. The number of rotatable bonds is 13. The second-order valence-corrected chi connectivity index (χ2v) is 7.11. The van der Waals surface area contributed by atoms with Crippen LogP contribution in [-0.2, 0) is 0 Å². The number of benzene rings is 1. The summed E-state index contributed by atoms with van der Waals surface area (Å²) < 4.78 is 1.26. The number of non-ortho nitro benzene ring substituents is 1. The Hall–Kier alpha value is -2.31. The van der Waals surface area contributed by atoms with Crippen LogP contribution < -0.4 is 0 Å². The van der Waals surface area contributed by atoms with Crippen molar-refractivity contribution in [1.82, 2.24) is 15.0 Å². The smallest absolute Gasteiger partial charge is 0.271 e. The first-order valence-electron chi connectivity index (χ1n) is 10.2. The van der Waals surface area contributed by atoms with Gasteiger partial charge in [0.25, 0.3) is 5.69 Å². The molecule has 7 heteroatoms. The van der Waals surface area contributed by atoms with Gasteiger partial charge >= 0.3 is 0 Å². The molecule has 27 heavy (non-hydrogen) atoms. The second kappa shape index (κ2) is 11.4. The Balaban J connectivity index is 1.64. The summed E-state index contributed by atoms with van der Waals surface area (Å²) in [6, 6.07) is 4.25. The molecule has 2 aromatic rings. The van der Waals surface area contributed by atoms with Gasteiger partial charge in [-0.1, -0.05) is 76.3 Å². The zero-order chi connectivity index (χ0) is 19.5. The Labute approximate surface area is 160 Å². The molecule has 0 aliphatic rings. The van der Waals surface area contributed by atoms with Gasteiger partial charge in [-0.25, -0.2) is 0 Å². The number of hydrogen-bond donors (Lipinski definition) is 0. The highest BCUT2D eigenvalue weighted by molar-refractivity contribution is 5.89. The largest absolute Gasteiger partial charge is 0.273 e. The summed E-state index contributed by atoms with van der Waals surface area (Å²) in [4.78, 5) is 22.6. The van der Waals surface area contributed by atoms with Crippen LogP contribution in [0.1, 0.15) is 88.8 Å². The average Bonchev–Trinajstić information content (AvgIpc) is 3.09. The fourth-order valence-corrected chi connectivity index (χ4v) is 3.26. The van der Waals surface area contributed by atoms with Gasteiger partial charge in [0.15, 0.2) is 0 Å². The summed E-state index contributed by atoms with van der Waals surface area (Å²) in [5.41, 5.74) is 0.845. The van der Waals surface area contributed by atoms with Crippen molar-refractivity contribution in [2.75, 3.05) is 0 Å². The van der Waals surface area contributed by atoms with Gasteiger partial charge in [0.05, 0.1) is 10.4 Å². The number of unbranched alkanes of at least 4 members (excludes halogenated alkanes) is 10. The lowest BCUT2D eigenvalue weighted by atomic mass is 10.1. The molecular weight excluding hydrogens is 344 g/mol. The molecule has 0 amide bonds. The minimum Gasteiger partial charge on any atom is -0.273 e. The number of hydrogen-bond acceptors (Lipinski definition) is 5. The molecule has 0 saturated heterocycles. The highest BCUT2D eigenvalue weighted by Crippen LogP contribution is 2.19. The maximum absolute atomic E-state index is 12.3. The number of nitro groups is 1. The lowest BCUT2D eigenvalue weighted by Crippen LogP contribution is -2.12. The Morgan fingerprint density at radius 3 is 2.19 bits per heavy atom. The number of aromatic nitrogens is 3. The van der Waals surface area contributed by atoms with Gasteiger partial charge in [0.2, 0.25) is 5.91 Å². The van der Waals surface area contributed by atoms with Crippen LogP contribution in [0.3, 0.4) is 0 Å². The summed E-state index contributed by atoms with van der Waals surface area (Å²) in [6.45, 7) is 2.24. The van der Waals surface area contributed by atoms with E-state index in [2.05, 4.69) is 17.2 Å². The number of fused-ring (bicyclic) bond motifs is 1. The van der Waals surface area contributed by atoms with Crippen LogP contribution in [0.15, 0.2) is 18.2 Å².